The largest absolute Gasteiger partial charge is 0.495 e. The van der Waals surface area contributed by atoms with Crippen LogP contribution in [0, 0.1) is 0 Å². The van der Waals surface area contributed by atoms with Gasteiger partial charge in [0.15, 0.2) is 6.54 Å². The topological polar surface area (TPSA) is 47.2 Å². The summed E-state index contributed by atoms with van der Waals surface area (Å²) in [4.78, 5) is 15.2. The van der Waals surface area contributed by atoms with Gasteiger partial charge in [-0.3, -0.25) is 4.79 Å². The van der Waals surface area contributed by atoms with E-state index in [2.05, 4.69) is 11.4 Å². The van der Waals surface area contributed by atoms with E-state index in [0.29, 0.717) is 12.3 Å². The lowest BCUT2D eigenvalue weighted by Gasteiger charge is -2.29. The molecule has 0 aliphatic carbocycles. The minimum atomic E-state index is 0.0269. The number of ether oxygens (including phenoxy) is 1. The van der Waals surface area contributed by atoms with Crippen LogP contribution >= 0.6 is 11.6 Å². The Kier molecular flexibility index (Phi) is 6.50. The summed E-state index contributed by atoms with van der Waals surface area (Å²) in [6.07, 6.45) is 0. The number of carbonyl (C=O) groups is 1. The zero-order chi connectivity index (χ0) is 18.4. The fraction of sp³-hybridized carbons (Fsp3) is 0.350. The minimum Gasteiger partial charge on any atom is -0.495 e. The van der Waals surface area contributed by atoms with E-state index >= 15 is 0 Å². The molecule has 5 nitrogen and oxygen atoms in total. The lowest BCUT2D eigenvalue weighted by molar-refractivity contribution is -1.02. The molecule has 0 unspecified atom stereocenters. The van der Waals surface area contributed by atoms with Crippen molar-refractivity contribution >= 4 is 23.2 Å². The van der Waals surface area contributed by atoms with Gasteiger partial charge in [-0.15, -0.1) is 0 Å². The summed E-state index contributed by atoms with van der Waals surface area (Å²) >= 11 is 6.26. The number of methoxy groups -OCH3 is 1. The standard InChI is InChI=1S/C20H24ClN3O2/c1-26-19-9-5-4-8-18(19)22-20(25)15-24-12-10-23(11-13-24)14-16-6-2-3-7-17(16)21/h2-9H,10-15H2,1H3,(H,22,25)/p+2. The van der Waals surface area contributed by atoms with Crippen molar-refractivity contribution in [2.24, 2.45) is 0 Å². The van der Waals surface area contributed by atoms with Crippen LogP contribution in [0.5, 0.6) is 5.75 Å². The Bertz CT molecular complexity index is 745. The summed E-state index contributed by atoms with van der Waals surface area (Å²) in [5.74, 6) is 0.712. The number of para-hydroxylation sites is 2. The lowest BCUT2D eigenvalue weighted by Crippen LogP contribution is -3.28. The Labute approximate surface area is 159 Å². The first kappa shape index (κ1) is 18.7. The van der Waals surface area contributed by atoms with Gasteiger partial charge >= 0.3 is 0 Å². The zero-order valence-corrected chi connectivity index (χ0v) is 15.8. The van der Waals surface area contributed by atoms with Crippen molar-refractivity contribution in [3.05, 3.63) is 59.1 Å². The molecule has 0 bridgehead atoms. The second kappa shape index (κ2) is 9.03. The molecule has 1 heterocycles. The number of amides is 1. The highest BCUT2D eigenvalue weighted by Crippen LogP contribution is 2.22. The van der Waals surface area contributed by atoms with Crippen LogP contribution in [-0.4, -0.2) is 45.7 Å². The molecule has 0 spiro atoms. The molecule has 1 aliphatic rings. The molecule has 1 amide bonds. The highest BCUT2D eigenvalue weighted by molar-refractivity contribution is 6.31. The third-order valence-electron chi connectivity index (χ3n) is 4.85. The molecule has 0 saturated carbocycles. The molecule has 1 saturated heterocycles. The van der Waals surface area contributed by atoms with Gasteiger partial charge in [0.25, 0.3) is 5.91 Å². The molecule has 3 N–H and O–H groups in total. The third-order valence-corrected chi connectivity index (χ3v) is 5.22. The number of halogens is 1. The van der Waals surface area contributed by atoms with Crippen molar-refractivity contribution in [3.8, 4) is 5.75 Å². The molecule has 2 aromatic rings. The van der Waals surface area contributed by atoms with Gasteiger partial charge in [0.1, 0.15) is 38.5 Å². The summed E-state index contributed by atoms with van der Waals surface area (Å²) < 4.78 is 5.28. The smallest absolute Gasteiger partial charge is 0.279 e. The number of hydrogen-bond donors (Lipinski definition) is 3. The van der Waals surface area contributed by atoms with Gasteiger partial charge in [-0.1, -0.05) is 41.9 Å². The molecule has 0 atom stereocenters. The Morgan fingerprint density at radius 2 is 1.69 bits per heavy atom. The molecule has 2 aromatic carbocycles. The van der Waals surface area contributed by atoms with Gasteiger partial charge < -0.3 is 19.9 Å². The van der Waals surface area contributed by atoms with E-state index in [1.54, 1.807) is 7.11 Å². The maximum absolute atomic E-state index is 12.4. The maximum Gasteiger partial charge on any atom is 0.279 e. The van der Waals surface area contributed by atoms with Crippen molar-refractivity contribution in [3.63, 3.8) is 0 Å². The highest BCUT2D eigenvalue weighted by Gasteiger charge is 2.25. The monoisotopic (exact) mass is 375 g/mol. The molecular weight excluding hydrogens is 350 g/mol. The summed E-state index contributed by atoms with van der Waals surface area (Å²) in [6, 6.07) is 15.5. The molecule has 1 fully saturated rings. The third kappa shape index (κ3) is 4.97. The Morgan fingerprint density at radius 1 is 1.04 bits per heavy atom. The first-order valence-corrected chi connectivity index (χ1v) is 9.37. The van der Waals surface area contributed by atoms with E-state index in [1.807, 2.05) is 42.5 Å². The van der Waals surface area contributed by atoms with Crippen molar-refractivity contribution in [2.45, 2.75) is 6.54 Å². The first-order valence-electron chi connectivity index (χ1n) is 8.99. The van der Waals surface area contributed by atoms with Crippen LogP contribution in [0.25, 0.3) is 0 Å². The first-order chi connectivity index (χ1) is 12.7. The number of nitrogens with one attached hydrogen (secondary N) is 3. The summed E-state index contributed by atoms with van der Waals surface area (Å²) in [6.45, 7) is 5.49. The summed E-state index contributed by atoms with van der Waals surface area (Å²) in [7, 11) is 1.61. The van der Waals surface area contributed by atoms with Crippen LogP contribution in [0.1, 0.15) is 5.56 Å². The van der Waals surface area contributed by atoms with E-state index in [1.165, 1.54) is 15.4 Å². The van der Waals surface area contributed by atoms with Crippen LogP contribution in [0.2, 0.25) is 5.02 Å². The number of piperazine rings is 1. The fourth-order valence-electron chi connectivity index (χ4n) is 3.39. The minimum absolute atomic E-state index is 0.0269. The number of quaternary nitrogens is 2. The SMILES string of the molecule is COc1ccccc1NC(=O)C[NH+]1CC[NH+](Cc2ccccc2Cl)CC1. The second-order valence-corrected chi connectivity index (χ2v) is 7.10. The number of rotatable bonds is 6. The average Bonchev–Trinajstić information content (AvgIpc) is 2.65. The predicted molar refractivity (Wildman–Crippen MR) is 103 cm³/mol. The Balaban J connectivity index is 1.46. The van der Waals surface area contributed by atoms with Crippen molar-refractivity contribution in [2.75, 3.05) is 45.2 Å². The molecule has 6 heteroatoms. The Morgan fingerprint density at radius 3 is 2.42 bits per heavy atom. The van der Waals surface area contributed by atoms with Gasteiger partial charge in [0.2, 0.25) is 0 Å². The Hall–Kier alpha value is -2.08. The van der Waals surface area contributed by atoms with Gasteiger partial charge in [-0.2, -0.15) is 0 Å². The van der Waals surface area contributed by atoms with Crippen LogP contribution < -0.4 is 19.9 Å². The molecule has 0 aromatic heterocycles. The van der Waals surface area contributed by atoms with Crippen LogP contribution in [0.4, 0.5) is 5.69 Å². The van der Waals surface area contributed by atoms with Crippen LogP contribution in [-0.2, 0) is 11.3 Å². The van der Waals surface area contributed by atoms with Crippen LogP contribution in [0.15, 0.2) is 48.5 Å². The quantitative estimate of drug-likeness (QED) is 0.679. The van der Waals surface area contributed by atoms with Crippen LogP contribution in [0.3, 0.4) is 0 Å². The molecule has 3 rings (SSSR count). The maximum atomic E-state index is 12.4. The normalized spacial score (nSPS) is 19.8. The second-order valence-electron chi connectivity index (χ2n) is 6.69. The van der Waals surface area contributed by atoms with E-state index in [-0.39, 0.29) is 5.91 Å². The predicted octanol–water partition coefficient (Wildman–Crippen LogP) is 0.271. The van der Waals surface area contributed by atoms with E-state index < -0.39 is 0 Å². The van der Waals surface area contributed by atoms with Crippen molar-refractivity contribution < 1.29 is 19.3 Å². The molecular formula is C20H26ClN3O2+2. The van der Waals surface area contributed by atoms with Crippen molar-refractivity contribution in [1.29, 1.82) is 0 Å². The van der Waals surface area contributed by atoms with E-state index in [9.17, 15) is 4.79 Å². The molecule has 138 valence electrons. The lowest BCUT2D eigenvalue weighted by atomic mass is 10.2. The fourth-order valence-corrected chi connectivity index (χ4v) is 3.59. The average molecular weight is 376 g/mol. The van der Waals surface area contributed by atoms with Gasteiger partial charge in [0, 0.05) is 10.6 Å². The number of benzene rings is 2. The number of anilines is 1. The van der Waals surface area contributed by atoms with Gasteiger partial charge in [-0.05, 0) is 18.2 Å². The van der Waals surface area contributed by atoms with E-state index in [0.717, 1.165) is 43.4 Å². The van der Waals surface area contributed by atoms with E-state index in [4.69, 9.17) is 16.3 Å². The highest BCUT2D eigenvalue weighted by atomic mass is 35.5. The summed E-state index contributed by atoms with van der Waals surface area (Å²) in [5, 5.41) is 3.80. The number of carbonyl (C=O) groups excluding carboxylic acids is 1. The molecule has 26 heavy (non-hydrogen) atoms. The van der Waals surface area contributed by atoms with Gasteiger partial charge in [-0.25, -0.2) is 0 Å². The molecule has 0 radical (unpaired) electrons. The summed E-state index contributed by atoms with van der Waals surface area (Å²) in [5.41, 5.74) is 1.92. The number of hydrogen-bond acceptors (Lipinski definition) is 2. The van der Waals surface area contributed by atoms with Crippen molar-refractivity contribution in [1.82, 2.24) is 0 Å². The zero-order valence-electron chi connectivity index (χ0n) is 15.1. The van der Waals surface area contributed by atoms with Gasteiger partial charge in [0.05, 0.1) is 12.8 Å². The molecule has 1 aliphatic heterocycles.